The van der Waals surface area contributed by atoms with Crippen molar-refractivity contribution in [1.82, 2.24) is 0 Å². The molecule has 0 rings (SSSR count). The molecule has 0 bridgehead atoms. The monoisotopic (exact) mass is 121 g/mol. The molecule has 0 aliphatic carbocycles. The molecule has 0 fully saturated rings. The van der Waals surface area contributed by atoms with Gasteiger partial charge in [-0.3, -0.25) is 4.79 Å². The number of carbonyl (C=O) groups excluding carboxylic acids is 1. The Morgan fingerprint density at radius 3 is 2.12 bits per heavy atom. The van der Waals surface area contributed by atoms with Gasteiger partial charge in [-0.25, -0.2) is 0 Å². The first kappa shape index (κ1) is 7.07. The molecule has 0 aromatic heterocycles. The summed E-state index contributed by atoms with van der Waals surface area (Å²) in [5.41, 5.74) is 4.22. The molecule has 0 aliphatic heterocycles. The molecular weight excluding hydrogens is 116 g/mol. The highest BCUT2D eigenvalue weighted by atomic mass is 19.3. The maximum Gasteiger partial charge on any atom is 0.342 e. The lowest BCUT2D eigenvalue weighted by atomic mass is 10.3. The molecule has 2 nitrogen and oxygen atoms in total. The minimum absolute atomic E-state index is 0.204. The summed E-state index contributed by atoms with van der Waals surface area (Å²) in [5, 5.41) is 0. The van der Waals surface area contributed by atoms with Crippen molar-refractivity contribution < 1.29 is 13.6 Å². The molecule has 0 atom stereocenters. The first-order valence-electron chi connectivity index (χ1n) is 1.82. The average molecular weight is 121 g/mol. The zero-order chi connectivity index (χ0) is 6.78. The van der Waals surface area contributed by atoms with Gasteiger partial charge >= 0.3 is 5.92 Å². The molecular formula is C4H5F2NO. The molecule has 0 aromatic rings. The van der Waals surface area contributed by atoms with Crippen LogP contribution in [0.1, 0.15) is 0 Å². The predicted octanol–water partition coefficient (Wildman–Crippen LogP) is 0.293. The normalized spacial score (nSPS) is 10.8. The molecule has 1 amide bonds. The molecule has 8 heavy (non-hydrogen) atoms. The van der Waals surface area contributed by atoms with E-state index in [4.69, 9.17) is 0 Å². The van der Waals surface area contributed by atoms with Crippen molar-refractivity contribution >= 4 is 5.91 Å². The van der Waals surface area contributed by atoms with Gasteiger partial charge in [0.1, 0.15) is 0 Å². The van der Waals surface area contributed by atoms with Crippen molar-refractivity contribution in [3.05, 3.63) is 12.7 Å². The molecule has 0 aromatic carbocycles. The van der Waals surface area contributed by atoms with E-state index in [-0.39, 0.29) is 6.08 Å². The van der Waals surface area contributed by atoms with E-state index in [9.17, 15) is 13.6 Å². The smallest absolute Gasteiger partial charge is 0.342 e. The van der Waals surface area contributed by atoms with Gasteiger partial charge in [-0.1, -0.05) is 6.58 Å². The largest absolute Gasteiger partial charge is 0.364 e. The number of rotatable bonds is 2. The number of hydrogen-bond acceptors (Lipinski definition) is 1. The Kier molecular flexibility index (Phi) is 1.68. The van der Waals surface area contributed by atoms with Gasteiger partial charge in [0.05, 0.1) is 0 Å². The summed E-state index contributed by atoms with van der Waals surface area (Å²) in [7, 11) is 0. The third-order valence-electron chi connectivity index (χ3n) is 0.585. The van der Waals surface area contributed by atoms with Crippen LogP contribution in [0.25, 0.3) is 0 Å². The van der Waals surface area contributed by atoms with Gasteiger partial charge in [0, 0.05) is 0 Å². The fourth-order valence-corrected chi connectivity index (χ4v) is 0.101. The molecule has 0 heterocycles. The van der Waals surface area contributed by atoms with Crippen molar-refractivity contribution in [2.45, 2.75) is 5.92 Å². The van der Waals surface area contributed by atoms with Gasteiger partial charge in [0.25, 0.3) is 5.91 Å². The molecule has 2 N–H and O–H groups in total. The summed E-state index contributed by atoms with van der Waals surface area (Å²) < 4.78 is 23.4. The predicted molar refractivity (Wildman–Crippen MR) is 24.3 cm³/mol. The second kappa shape index (κ2) is 1.90. The van der Waals surface area contributed by atoms with E-state index in [1.54, 1.807) is 0 Å². The minimum atomic E-state index is -3.56. The Bertz CT molecular complexity index is 121. The summed E-state index contributed by atoms with van der Waals surface area (Å²) >= 11 is 0. The third-order valence-corrected chi connectivity index (χ3v) is 0.585. The van der Waals surface area contributed by atoms with E-state index in [0.717, 1.165) is 0 Å². The second-order valence-electron chi connectivity index (χ2n) is 1.19. The number of amides is 1. The summed E-state index contributed by atoms with van der Waals surface area (Å²) in [5.74, 6) is -5.23. The molecule has 0 aliphatic rings. The van der Waals surface area contributed by atoms with E-state index in [1.165, 1.54) is 0 Å². The Morgan fingerprint density at radius 1 is 1.75 bits per heavy atom. The van der Waals surface area contributed by atoms with Crippen LogP contribution in [0.3, 0.4) is 0 Å². The Morgan fingerprint density at radius 2 is 2.12 bits per heavy atom. The fourth-order valence-electron chi connectivity index (χ4n) is 0.101. The number of alkyl halides is 2. The van der Waals surface area contributed by atoms with Gasteiger partial charge in [0.15, 0.2) is 0 Å². The maximum absolute atomic E-state index is 11.7. The molecule has 46 valence electrons. The van der Waals surface area contributed by atoms with Crippen LogP contribution in [-0.4, -0.2) is 11.8 Å². The average Bonchev–Trinajstić information content (AvgIpc) is 1.67. The SMILES string of the molecule is C=CC(F)(F)C(N)=O. The number of nitrogens with two attached hydrogens (primary N) is 1. The van der Waals surface area contributed by atoms with Gasteiger partial charge < -0.3 is 5.73 Å². The highest BCUT2D eigenvalue weighted by molar-refractivity contribution is 5.83. The van der Waals surface area contributed by atoms with E-state index in [0.29, 0.717) is 0 Å². The van der Waals surface area contributed by atoms with E-state index in [1.807, 2.05) is 0 Å². The van der Waals surface area contributed by atoms with Crippen LogP contribution in [0.5, 0.6) is 0 Å². The van der Waals surface area contributed by atoms with Crippen LogP contribution in [0, 0.1) is 0 Å². The zero-order valence-electron chi connectivity index (χ0n) is 4.03. The molecule has 0 unspecified atom stereocenters. The van der Waals surface area contributed by atoms with Crippen molar-refractivity contribution in [3.63, 3.8) is 0 Å². The summed E-state index contributed by atoms with van der Waals surface area (Å²) in [6.45, 7) is 2.70. The van der Waals surface area contributed by atoms with Crippen LogP contribution in [0.2, 0.25) is 0 Å². The first-order chi connectivity index (χ1) is 3.50. The molecule has 0 spiro atoms. The van der Waals surface area contributed by atoms with Crippen LogP contribution < -0.4 is 5.73 Å². The van der Waals surface area contributed by atoms with Gasteiger partial charge in [-0.2, -0.15) is 8.78 Å². The first-order valence-corrected chi connectivity index (χ1v) is 1.82. The Labute approximate surface area is 45.0 Å². The highest BCUT2D eigenvalue weighted by Gasteiger charge is 2.31. The van der Waals surface area contributed by atoms with E-state index < -0.39 is 11.8 Å². The van der Waals surface area contributed by atoms with Crippen molar-refractivity contribution in [1.29, 1.82) is 0 Å². The minimum Gasteiger partial charge on any atom is -0.364 e. The molecule has 4 heteroatoms. The highest BCUT2D eigenvalue weighted by Crippen LogP contribution is 2.11. The summed E-state index contributed by atoms with van der Waals surface area (Å²) in [6.07, 6.45) is 0.204. The summed E-state index contributed by atoms with van der Waals surface area (Å²) in [6, 6.07) is 0. The van der Waals surface area contributed by atoms with Crippen molar-refractivity contribution in [3.8, 4) is 0 Å². The lowest BCUT2D eigenvalue weighted by Gasteiger charge is -2.02. The number of primary amides is 1. The quantitative estimate of drug-likeness (QED) is 0.524. The van der Waals surface area contributed by atoms with Crippen molar-refractivity contribution in [2.75, 3.05) is 0 Å². The van der Waals surface area contributed by atoms with Crippen molar-refractivity contribution in [2.24, 2.45) is 5.73 Å². The fraction of sp³-hybridized carbons (Fsp3) is 0.250. The van der Waals surface area contributed by atoms with Crippen LogP contribution in [0.4, 0.5) is 8.78 Å². The van der Waals surface area contributed by atoms with Crippen LogP contribution in [-0.2, 0) is 4.79 Å². The standard InChI is InChI=1S/C4H5F2NO/c1-2-4(5,6)3(7)8/h2H,1H2,(H2,7,8). The third kappa shape index (κ3) is 1.29. The van der Waals surface area contributed by atoms with Crippen LogP contribution >= 0.6 is 0 Å². The van der Waals surface area contributed by atoms with Gasteiger partial charge in [-0.05, 0) is 6.08 Å². The molecule has 0 saturated carbocycles. The Hall–Kier alpha value is -0.930. The second-order valence-corrected chi connectivity index (χ2v) is 1.19. The maximum atomic E-state index is 11.7. The molecule has 0 radical (unpaired) electrons. The van der Waals surface area contributed by atoms with E-state index in [2.05, 4.69) is 12.3 Å². The number of carbonyl (C=O) groups is 1. The van der Waals surface area contributed by atoms with Crippen LogP contribution in [0.15, 0.2) is 12.7 Å². The lowest BCUT2D eigenvalue weighted by molar-refractivity contribution is -0.135. The van der Waals surface area contributed by atoms with E-state index >= 15 is 0 Å². The Balaban J connectivity index is 4.12. The zero-order valence-corrected chi connectivity index (χ0v) is 4.03. The van der Waals surface area contributed by atoms with Gasteiger partial charge in [-0.15, -0.1) is 0 Å². The lowest BCUT2D eigenvalue weighted by Crippen LogP contribution is -2.32. The molecule has 0 saturated heterocycles. The topological polar surface area (TPSA) is 43.1 Å². The number of hydrogen-bond donors (Lipinski definition) is 1. The summed E-state index contributed by atoms with van der Waals surface area (Å²) in [4.78, 5) is 9.65. The van der Waals surface area contributed by atoms with Gasteiger partial charge in [0.2, 0.25) is 0 Å². The number of halogens is 2.